The Morgan fingerprint density at radius 1 is 0.700 bits per heavy atom. The summed E-state index contributed by atoms with van der Waals surface area (Å²) in [7, 11) is 0. The lowest BCUT2D eigenvalue weighted by molar-refractivity contribution is 0.296. The molecule has 0 radical (unpaired) electrons. The fourth-order valence-corrected chi connectivity index (χ4v) is 3.75. The molecule has 0 aliphatic rings. The zero-order valence-corrected chi connectivity index (χ0v) is 18.7. The Balaban J connectivity index is 1.47. The van der Waals surface area contributed by atoms with E-state index in [9.17, 15) is 0 Å². The Labute approximate surface area is 186 Å². The molecule has 0 bridgehead atoms. The van der Waals surface area contributed by atoms with Crippen LogP contribution in [0.25, 0.3) is 11.1 Å². The lowest BCUT2D eigenvalue weighted by Crippen LogP contribution is -1.99. The number of rotatable bonds is 12. The molecule has 30 heavy (non-hydrogen) atoms. The lowest BCUT2D eigenvalue weighted by Gasteiger charge is -2.13. The van der Waals surface area contributed by atoms with E-state index in [2.05, 4.69) is 37.3 Å². The van der Waals surface area contributed by atoms with E-state index in [4.69, 9.17) is 22.1 Å². The summed E-state index contributed by atoms with van der Waals surface area (Å²) in [6, 6.07) is 24.5. The number of ether oxygens (including phenoxy) is 2. The van der Waals surface area contributed by atoms with Crippen molar-refractivity contribution in [1.29, 1.82) is 0 Å². The van der Waals surface area contributed by atoms with Crippen molar-refractivity contribution >= 4 is 12.6 Å². The van der Waals surface area contributed by atoms with E-state index < -0.39 is 0 Å². The Morgan fingerprint density at radius 2 is 1.43 bits per heavy atom. The second-order valence-corrected chi connectivity index (χ2v) is 8.01. The molecular formula is C27H32O2S. The van der Waals surface area contributed by atoms with Gasteiger partial charge in [-0.05, 0) is 41.3 Å². The van der Waals surface area contributed by atoms with E-state index in [-0.39, 0.29) is 0 Å². The van der Waals surface area contributed by atoms with Crippen LogP contribution in [0, 0.1) is 0 Å². The highest BCUT2D eigenvalue weighted by Crippen LogP contribution is 2.34. The van der Waals surface area contributed by atoms with Gasteiger partial charge in [-0.25, -0.2) is 0 Å². The second-order valence-electron chi connectivity index (χ2n) is 7.57. The highest BCUT2D eigenvalue weighted by Gasteiger charge is 2.08. The summed E-state index contributed by atoms with van der Waals surface area (Å²) in [4.78, 5) is 0.864. The smallest absolute Gasteiger partial charge is 0.133 e. The van der Waals surface area contributed by atoms with Crippen LogP contribution >= 0.6 is 12.6 Å². The minimum Gasteiger partial charge on any atom is -0.494 e. The molecule has 0 unspecified atom stereocenters. The van der Waals surface area contributed by atoms with Gasteiger partial charge in [-0.2, -0.15) is 0 Å². The number of benzene rings is 3. The number of hydrogen-bond acceptors (Lipinski definition) is 3. The maximum absolute atomic E-state index is 6.05. The molecule has 2 nitrogen and oxygen atoms in total. The highest BCUT2D eigenvalue weighted by molar-refractivity contribution is 7.80. The van der Waals surface area contributed by atoms with E-state index in [1.54, 1.807) is 0 Å². The first kappa shape index (κ1) is 22.3. The van der Waals surface area contributed by atoms with Crippen LogP contribution in [0.1, 0.15) is 51.0 Å². The van der Waals surface area contributed by atoms with Crippen LogP contribution in [0.5, 0.6) is 11.5 Å². The molecule has 3 rings (SSSR count). The molecule has 0 aromatic heterocycles. The van der Waals surface area contributed by atoms with Crippen molar-refractivity contribution < 1.29 is 9.47 Å². The third-order valence-corrected chi connectivity index (χ3v) is 5.63. The fourth-order valence-electron chi connectivity index (χ4n) is 3.40. The highest BCUT2D eigenvalue weighted by atomic mass is 32.1. The summed E-state index contributed by atoms with van der Waals surface area (Å²) in [5.41, 5.74) is 3.33. The molecule has 3 aromatic carbocycles. The van der Waals surface area contributed by atoms with Gasteiger partial charge in [0.1, 0.15) is 18.1 Å². The summed E-state index contributed by atoms with van der Waals surface area (Å²) < 4.78 is 11.9. The predicted octanol–water partition coefficient (Wildman–Crippen LogP) is 7.96. The van der Waals surface area contributed by atoms with Crippen LogP contribution in [0.4, 0.5) is 0 Å². The number of thiol groups is 1. The normalized spacial score (nSPS) is 10.7. The minimum absolute atomic E-state index is 0.503. The minimum atomic E-state index is 0.503. The molecule has 0 atom stereocenters. The van der Waals surface area contributed by atoms with Gasteiger partial charge >= 0.3 is 0 Å². The van der Waals surface area contributed by atoms with E-state index in [1.165, 1.54) is 32.1 Å². The molecular weight excluding hydrogens is 388 g/mol. The largest absolute Gasteiger partial charge is 0.494 e. The van der Waals surface area contributed by atoms with Crippen LogP contribution < -0.4 is 9.47 Å². The van der Waals surface area contributed by atoms with Crippen molar-refractivity contribution in [3.63, 3.8) is 0 Å². The first-order valence-electron chi connectivity index (χ1n) is 11.0. The predicted molar refractivity (Wildman–Crippen MR) is 129 cm³/mol. The van der Waals surface area contributed by atoms with Crippen LogP contribution in [-0.2, 0) is 6.61 Å². The first-order valence-corrected chi connectivity index (χ1v) is 11.4. The molecule has 0 spiro atoms. The van der Waals surface area contributed by atoms with E-state index >= 15 is 0 Å². The Morgan fingerprint density at radius 3 is 2.20 bits per heavy atom. The van der Waals surface area contributed by atoms with Crippen molar-refractivity contribution in [3.05, 3.63) is 78.4 Å². The van der Waals surface area contributed by atoms with E-state index in [0.29, 0.717) is 6.61 Å². The van der Waals surface area contributed by atoms with Crippen molar-refractivity contribution in [2.75, 3.05) is 6.61 Å². The standard InChI is InChI=1S/C27H32O2S/c1-2-3-4-5-6-10-20-28-24-18-16-22(17-19-24)21-29-26-15-11-14-25(27(26)30)23-12-8-7-9-13-23/h7-9,11-19,30H,2-6,10,20-21H2,1H3. The topological polar surface area (TPSA) is 18.5 Å². The molecule has 0 saturated carbocycles. The first-order chi connectivity index (χ1) is 14.8. The molecule has 158 valence electrons. The van der Waals surface area contributed by atoms with Crippen molar-refractivity contribution in [2.45, 2.75) is 57.0 Å². The summed E-state index contributed by atoms with van der Waals surface area (Å²) in [6.45, 7) is 3.54. The zero-order chi connectivity index (χ0) is 21.0. The molecule has 0 N–H and O–H groups in total. The van der Waals surface area contributed by atoms with Gasteiger partial charge in [0.25, 0.3) is 0 Å². The molecule has 3 heteroatoms. The maximum atomic E-state index is 6.05. The van der Waals surface area contributed by atoms with Gasteiger partial charge in [0.15, 0.2) is 0 Å². The second kappa shape index (κ2) is 12.3. The monoisotopic (exact) mass is 420 g/mol. The SMILES string of the molecule is CCCCCCCCOc1ccc(COc2cccc(-c3ccccc3)c2S)cc1. The number of unbranched alkanes of at least 4 members (excludes halogenated alkanes) is 5. The van der Waals surface area contributed by atoms with Gasteiger partial charge in [0.05, 0.1) is 11.5 Å². The molecule has 0 amide bonds. The van der Waals surface area contributed by atoms with Gasteiger partial charge < -0.3 is 9.47 Å². The summed E-state index contributed by atoms with van der Waals surface area (Å²) in [5.74, 6) is 1.72. The maximum Gasteiger partial charge on any atom is 0.133 e. The lowest BCUT2D eigenvalue weighted by atomic mass is 10.1. The van der Waals surface area contributed by atoms with Crippen LogP contribution in [0.15, 0.2) is 77.7 Å². The third-order valence-electron chi connectivity index (χ3n) is 5.17. The Hall–Kier alpha value is -2.39. The van der Waals surface area contributed by atoms with E-state index in [0.717, 1.165) is 46.1 Å². The molecule has 0 saturated heterocycles. The third kappa shape index (κ3) is 6.84. The van der Waals surface area contributed by atoms with Crippen molar-refractivity contribution in [1.82, 2.24) is 0 Å². The van der Waals surface area contributed by atoms with Crippen molar-refractivity contribution in [2.24, 2.45) is 0 Å². The van der Waals surface area contributed by atoms with Crippen LogP contribution in [0.3, 0.4) is 0 Å². The molecule has 0 aliphatic carbocycles. The molecule has 0 aliphatic heterocycles. The van der Waals surface area contributed by atoms with Gasteiger partial charge in [-0.1, -0.05) is 93.6 Å². The van der Waals surface area contributed by atoms with Gasteiger partial charge in [-0.3, -0.25) is 0 Å². The Kier molecular flexibility index (Phi) is 9.17. The summed E-state index contributed by atoms with van der Waals surface area (Å²) in [5, 5.41) is 0. The van der Waals surface area contributed by atoms with E-state index in [1.807, 2.05) is 42.5 Å². The van der Waals surface area contributed by atoms with Crippen LogP contribution in [-0.4, -0.2) is 6.61 Å². The Bertz CT molecular complexity index is 875. The quantitative estimate of drug-likeness (QED) is 0.237. The average molecular weight is 421 g/mol. The molecule has 3 aromatic rings. The molecule has 0 heterocycles. The fraction of sp³-hybridized carbons (Fsp3) is 0.333. The number of hydrogen-bond donors (Lipinski definition) is 1. The van der Waals surface area contributed by atoms with Crippen molar-refractivity contribution in [3.8, 4) is 22.6 Å². The summed E-state index contributed by atoms with van der Waals surface area (Å²) >= 11 is 4.71. The van der Waals surface area contributed by atoms with Gasteiger partial charge in [-0.15, -0.1) is 12.6 Å². The average Bonchev–Trinajstić information content (AvgIpc) is 2.79. The zero-order valence-electron chi connectivity index (χ0n) is 17.8. The molecule has 0 fully saturated rings. The van der Waals surface area contributed by atoms with Gasteiger partial charge in [0.2, 0.25) is 0 Å². The van der Waals surface area contributed by atoms with Crippen LogP contribution in [0.2, 0.25) is 0 Å². The summed E-state index contributed by atoms with van der Waals surface area (Å²) in [6.07, 6.45) is 7.66. The van der Waals surface area contributed by atoms with Gasteiger partial charge in [0, 0.05) is 0 Å².